The highest BCUT2D eigenvalue weighted by Gasteiger charge is 2.27. The fourth-order valence-electron chi connectivity index (χ4n) is 4.79. The van der Waals surface area contributed by atoms with Crippen LogP contribution in [0.1, 0.15) is 34.8 Å². The van der Waals surface area contributed by atoms with Crippen molar-refractivity contribution in [3.63, 3.8) is 0 Å². The number of anilines is 2. The van der Waals surface area contributed by atoms with E-state index in [1.54, 1.807) is 32.8 Å². The minimum absolute atomic E-state index is 0.204. The fourth-order valence-corrected chi connectivity index (χ4v) is 4.79. The maximum atomic E-state index is 10.9. The van der Waals surface area contributed by atoms with E-state index in [1.807, 2.05) is 24.3 Å². The Hall–Kier alpha value is -3.43. The molecule has 178 valence electrons. The summed E-state index contributed by atoms with van der Waals surface area (Å²) in [4.78, 5) is 15.6. The third-order valence-electron chi connectivity index (χ3n) is 6.54. The summed E-state index contributed by atoms with van der Waals surface area (Å²) in [6.07, 6.45) is 5.88. The van der Waals surface area contributed by atoms with Crippen molar-refractivity contribution in [2.24, 2.45) is 0 Å². The molecule has 2 aromatic heterocycles. The molecule has 1 aliphatic heterocycles. The zero-order valence-corrected chi connectivity index (χ0v) is 19.5. The summed E-state index contributed by atoms with van der Waals surface area (Å²) in [6, 6.07) is 7.99. The Kier molecular flexibility index (Phi) is 6.46. The van der Waals surface area contributed by atoms with E-state index in [-0.39, 0.29) is 5.92 Å². The van der Waals surface area contributed by atoms with E-state index in [0.717, 1.165) is 67.6 Å². The third-order valence-corrected chi connectivity index (χ3v) is 6.54. The lowest BCUT2D eigenvalue weighted by atomic mass is 10.0. The predicted octanol–water partition coefficient (Wildman–Crippen LogP) is 2.28. The molecule has 3 aromatic rings. The van der Waals surface area contributed by atoms with E-state index in [4.69, 9.17) is 14.5 Å². The molecule has 9 heteroatoms. The molecular formula is C25H30N6O3. The van der Waals surface area contributed by atoms with Crippen molar-refractivity contribution in [3.8, 4) is 11.5 Å². The van der Waals surface area contributed by atoms with Crippen LogP contribution < -0.4 is 25.0 Å². The van der Waals surface area contributed by atoms with E-state index in [2.05, 4.69) is 25.5 Å². The van der Waals surface area contributed by atoms with Crippen LogP contribution in [0.15, 0.2) is 42.9 Å². The van der Waals surface area contributed by atoms with E-state index in [9.17, 15) is 5.11 Å². The number of rotatable bonds is 7. The van der Waals surface area contributed by atoms with Gasteiger partial charge in [-0.05, 0) is 48.2 Å². The smallest absolute Gasteiger partial charge is 0.186 e. The minimum atomic E-state index is -1.05. The van der Waals surface area contributed by atoms with Crippen LogP contribution in [0.5, 0.6) is 11.5 Å². The molecule has 1 saturated heterocycles. The van der Waals surface area contributed by atoms with Gasteiger partial charge >= 0.3 is 0 Å². The summed E-state index contributed by atoms with van der Waals surface area (Å²) in [5.74, 6) is 2.03. The standard InChI is InChI=1S/C25H30N6O3/c1-33-22-13-16-11-18(12-17(16)14-23(22)34-2)19-3-6-28-24(29-19)25(32)30-20-15-27-5-4-21(20)31-9-7-26-8-10-31/h3-6,13-15,18,25-26,30,32H,7-12H2,1-2H3. The number of fused-ring (bicyclic) bond motifs is 1. The monoisotopic (exact) mass is 462 g/mol. The van der Waals surface area contributed by atoms with Crippen LogP contribution in [-0.2, 0) is 12.8 Å². The Morgan fingerprint density at radius 3 is 2.44 bits per heavy atom. The van der Waals surface area contributed by atoms with Gasteiger partial charge in [0, 0.05) is 50.2 Å². The molecule has 1 aliphatic carbocycles. The summed E-state index contributed by atoms with van der Waals surface area (Å²) >= 11 is 0. The van der Waals surface area contributed by atoms with Crippen molar-refractivity contribution in [1.82, 2.24) is 20.3 Å². The number of nitrogens with zero attached hydrogens (tertiary/aromatic N) is 4. The number of nitrogens with one attached hydrogen (secondary N) is 2. The molecule has 3 N–H and O–H groups in total. The zero-order valence-electron chi connectivity index (χ0n) is 19.5. The minimum Gasteiger partial charge on any atom is -0.493 e. The Morgan fingerprint density at radius 1 is 1.06 bits per heavy atom. The second-order valence-electron chi connectivity index (χ2n) is 8.60. The summed E-state index contributed by atoms with van der Waals surface area (Å²) < 4.78 is 10.9. The van der Waals surface area contributed by atoms with Crippen molar-refractivity contribution >= 4 is 11.4 Å². The number of ether oxygens (including phenoxy) is 2. The summed E-state index contributed by atoms with van der Waals surface area (Å²) in [5.41, 5.74) is 5.16. The molecule has 1 fully saturated rings. The number of aliphatic hydroxyl groups excluding tert-OH is 1. The molecule has 1 aromatic carbocycles. The van der Waals surface area contributed by atoms with Crippen LogP contribution in [0.4, 0.5) is 11.4 Å². The molecule has 0 radical (unpaired) electrons. The van der Waals surface area contributed by atoms with Gasteiger partial charge in [-0.3, -0.25) is 4.98 Å². The maximum absolute atomic E-state index is 10.9. The average Bonchev–Trinajstić information content (AvgIpc) is 3.32. The van der Waals surface area contributed by atoms with Gasteiger partial charge in [-0.2, -0.15) is 0 Å². The molecular weight excluding hydrogens is 432 g/mol. The number of hydrogen-bond donors (Lipinski definition) is 3. The fraction of sp³-hybridized carbons (Fsp3) is 0.400. The molecule has 1 atom stereocenters. The quantitative estimate of drug-likeness (QED) is 0.456. The van der Waals surface area contributed by atoms with Crippen LogP contribution in [0.2, 0.25) is 0 Å². The Bertz CT molecular complexity index is 1120. The lowest BCUT2D eigenvalue weighted by Crippen LogP contribution is -2.43. The first-order valence-electron chi connectivity index (χ1n) is 11.6. The van der Waals surface area contributed by atoms with Crippen LogP contribution in [0.3, 0.4) is 0 Å². The highest BCUT2D eigenvalue weighted by atomic mass is 16.5. The zero-order chi connectivity index (χ0) is 23.5. The summed E-state index contributed by atoms with van der Waals surface area (Å²) in [6.45, 7) is 3.66. The van der Waals surface area contributed by atoms with Crippen LogP contribution in [0.25, 0.3) is 0 Å². The molecule has 0 bridgehead atoms. The van der Waals surface area contributed by atoms with Gasteiger partial charge in [0.25, 0.3) is 0 Å². The van der Waals surface area contributed by atoms with Crippen molar-refractivity contribution in [3.05, 3.63) is 65.5 Å². The lowest BCUT2D eigenvalue weighted by molar-refractivity contribution is 0.197. The van der Waals surface area contributed by atoms with Crippen molar-refractivity contribution in [2.45, 2.75) is 25.0 Å². The molecule has 9 nitrogen and oxygen atoms in total. The Balaban J connectivity index is 1.33. The molecule has 34 heavy (non-hydrogen) atoms. The number of benzene rings is 1. The largest absolute Gasteiger partial charge is 0.493 e. The van der Waals surface area contributed by atoms with E-state index in [0.29, 0.717) is 5.82 Å². The van der Waals surface area contributed by atoms with Gasteiger partial charge in [0.05, 0.1) is 31.8 Å². The van der Waals surface area contributed by atoms with Crippen LogP contribution in [0, 0.1) is 0 Å². The van der Waals surface area contributed by atoms with Gasteiger partial charge in [-0.25, -0.2) is 9.97 Å². The summed E-state index contributed by atoms with van der Waals surface area (Å²) in [7, 11) is 3.30. The van der Waals surface area contributed by atoms with Gasteiger partial charge < -0.3 is 30.1 Å². The van der Waals surface area contributed by atoms with Gasteiger partial charge in [0.2, 0.25) is 0 Å². The van der Waals surface area contributed by atoms with Crippen LogP contribution >= 0.6 is 0 Å². The molecule has 0 saturated carbocycles. The van der Waals surface area contributed by atoms with Gasteiger partial charge in [-0.1, -0.05) is 0 Å². The average molecular weight is 463 g/mol. The Morgan fingerprint density at radius 2 is 1.76 bits per heavy atom. The molecule has 3 heterocycles. The molecule has 0 amide bonds. The van der Waals surface area contributed by atoms with Crippen LogP contribution in [-0.4, -0.2) is 60.5 Å². The number of aromatic nitrogens is 3. The van der Waals surface area contributed by atoms with Gasteiger partial charge in [-0.15, -0.1) is 0 Å². The number of aliphatic hydroxyl groups is 1. The first-order valence-corrected chi connectivity index (χ1v) is 11.6. The summed E-state index contributed by atoms with van der Waals surface area (Å²) in [5, 5.41) is 17.5. The second-order valence-corrected chi connectivity index (χ2v) is 8.60. The normalized spacial score (nSPS) is 16.7. The molecule has 0 spiro atoms. The highest BCUT2D eigenvalue weighted by Crippen LogP contribution is 2.39. The maximum Gasteiger partial charge on any atom is 0.186 e. The topological polar surface area (TPSA) is 105 Å². The number of hydrogen-bond acceptors (Lipinski definition) is 9. The van der Waals surface area contributed by atoms with E-state index in [1.165, 1.54) is 11.1 Å². The SMILES string of the molecule is COc1cc2c(cc1OC)CC(c1ccnc(C(O)Nc3cnccc3N3CCNCC3)n1)C2. The molecule has 2 aliphatic rings. The van der Waals surface area contributed by atoms with Gasteiger partial charge in [0.15, 0.2) is 23.6 Å². The van der Waals surface area contributed by atoms with Gasteiger partial charge in [0.1, 0.15) is 0 Å². The van der Waals surface area contributed by atoms with E-state index < -0.39 is 6.23 Å². The first-order chi connectivity index (χ1) is 16.7. The second kappa shape index (κ2) is 9.82. The number of piperazine rings is 1. The molecule has 1 unspecified atom stereocenters. The Labute approximate surface area is 199 Å². The molecule has 5 rings (SSSR count). The third kappa shape index (κ3) is 4.49. The number of pyridine rings is 1. The number of methoxy groups -OCH3 is 2. The van der Waals surface area contributed by atoms with E-state index >= 15 is 0 Å². The highest BCUT2D eigenvalue weighted by molar-refractivity contribution is 5.69. The predicted molar refractivity (Wildman–Crippen MR) is 130 cm³/mol. The van der Waals surface area contributed by atoms with Crippen molar-refractivity contribution in [1.29, 1.82) is 0 Å². The lowest BCUT2D eigenvalue weighted by Gasteiger charge is -2.31. The first kappa shape index (κ1) is 22.4. The van der Waals surface area contributed by atoms with Crippen molar-refractivity contribution < 1.29 is 14.6 Å². The van der Waals surface area contributed by atoms with Crippen molar-refractivity contribution in [2.75, 3.05) is 50.6 Å².